The maximum absolute atomic E-state index is 10.4. The predicted octanol–water partition coefficient (Wildman–Crippen LogP) is 4.36. The summed E-state index contributed by atoms with van der Waals surface area (Å²) < 4.78 is 11.9. The highest BCUT2D eigenvalue weighted by Gasteiger charge is 2.37. The van der Waals surface area contributed by atoms with Crippen LogP contribution in [0.2, 0.25) is 0 Å². The third-order valence-corrected chi connectivity index (χ3v) is 4.37. The van der Waals surface area contributed by atoms with Crippen LogP contribution in [-0.4, -0.2) is 24.8 Å². The summed E-state index contributed by atoms with van der Waals surface area (Å²) in [6, 6.07) is 0. The number of carbonyl (C=O) groups excluding carboxylic acids is 1. The van der Waals surface area contributed by atoms with Crippen LogP contribution in [-0.2, 0) is 14.3 Å². The van der Waals surface area contributed by atoms with Crippen molar-refractivity contribution in [2.75, 3.05) is 6.61 Å². The van der Waals surface area contributed by atoms with Gasteiger partial charge >= 0.3 is 0 Å². The van der Waals surface area contributed by atoms with Gasteiger partial charge in [-0.25, -0.2) is 0 Å². The quantitative estimate of drug-likeness (QED) is 0.493. The Hall–Kier alpha value is -0.670. The molecular weight excluding hydrogens is 264 g/mol. The fraction of sp³-hybridized carbons (Fsp3) is 0.833. The molecule has 0 aromatic heterocycles. The van der Waals surface area contributed by atoms with Crippen molar-refractivity contribution in [1.29, 1.82) is 0 Å². The molecule has 1 heterocycles. The van der Waals surface area contributed by atoms with E-state index < -0.39 is 5.79 Å². The minimum absolute atomic E-state index is 0.222. The van der Waals surface area contributed by atoms with Gasteiger partial charge in [0.05, 0.1) is 12.7 Å². The molecule has 0 aliphatic carbocycles. The molecule has 1 aliphatic heterocycles. The molecular formula is C18H32O3. The molecule has 3 nitrogen and oxygen atoms in total. The summed E-state index contributed by atoms with van der Waals surface area (Å²) in [5, 5.41) is 0. The number of ether oxygens (including phenoxy) is 2. The molecule has 3 heteroatoms. The summed E-state index contributed by atoms with van der Waals surface area (Å²) in [4.78, 5) is 10.4. The van der Waals surface area contributed by atoms with Crippen molar-refractivity contribution in [1.82, 2.24) is 0 Å². The molecule has 1 saturated heterocycles. The Bertz CT molecular complexity index is 335. The highest BCUT2D eigenvalue weighted by molar-refractivity contribution is 5.49. The van der Waals surface area contributed by atoms with Crippen LogP contribution in [0.5, 0.6) is 0 Å². The summed E-state index contributed by atoms with van der Waals surface area (Å²) >= 11 is 0. The number of rotatable bonds is 8. The van der Waals surface area contributed by atoms with Gasteiger partial charge < -0.3 is 14.3 Å². The van der Waals surface area contributed by atoms with Crippen LogP contribution in [0.4, 0.5) is 0 Å². The monoisotopic (exact) mass is 296 g/mol. The first-order chi connectivity index (χ1) is 9.89. The van der Waals surface area contributed by atoms with Gasteiger partial charge in [-0.1, -0.05) is 39.3 Å². The van der Waals surface area contributed by atoms with E-state index in [2.05, 4.69) is 32.9 Å². The molecule has 1 rings (SSSR count). The molecule has 0 bridgehead atoms. The van der Waals surface area contributed by atoms with Gasteiger partial charge in [0.2, 0.25) is 0 Å². The Kier molecular flexibility index (Phi) is 7.61. The first kappa shape index (κ1) is 18.4. The minimum atomic E-state index is -0.476. The Labute approximate surface area is 130 Å². The van der Waals surface area contributed by atoms with E-state index in [1.807, 2.05) is 13.8 Å². The van der Waals surface area contributed by atoms with Crippen LogP contribution < -0.4 is 0 Å². The Balaban J connectivity index is 2.56. The maximum atomic E-state index is 10.4. The molecule has 0 radical (unpaired) electrons. The van der Waals surface area contributed by atoms with Gasteiger partial charge in [0.25, 0.3) is 0 Å². The zero-order chi connectivity index (χ0) is 15.9. The smallest absolute Gasteiger partial charge is 0.163 e. The highest BCUT2D eigenvalue weighted by Crippen LogP contribution is 2.32. The number of hydrogen-bond acceptors (Lipinski definition) is 3. The largest absolute Gasteiger partial charge is 0.350 e. The second-order valence-corrected chi connectivity index (χ2v) is 6.86. The lowest BCUT2D eigenvalue weighted by Crippen LogP contribution is -2.47. The molecule has 0 saturated carbocycles. The molecule has 0 unspecified atom stereocenters. The van der Waals surface area contributed by atoms with E-state index in [0.29, 0.717) is 24.2 Å². The number of aldehydes is 1. The lowest BCUT2D eigenvalue weighted by atomic mass is 9.88. The van der Waals surface area contributed by atoms with Gasteiger partial charge in [0, 0.05) is 12.3 Å². The number of hydrogen-bond donors (Lipinski definition) is 0. The summed E-state index contributed by atoms with van der Waals surface area (Å²) in [6.45, 7) is 11.4. The summed E-state index contributed by atoms with van der Waals surface area (Å²) in [7, 11) is 0. The van der Waals surface area contributed by atoms with Crippen LogP contribution in [0.15, 0.2) is 12.2 Å². The van der Waals surface area contributed by atoms with Crippen LogP contribution >= 0.6 is 0 Å². The van der Waals surface area contributed by atoms with Crippen LogP contribution in [0.3, 0.4) is 0 Å². The zero-order valence-electron chi connectivity index (χ0n) is 14.3. The van der Waals surface area contributed by atoms with E-state index in [1.54, 1.807) is 0 Å². The van der Waals surface area contributed by atoms with Crippen LogP contribution in [0.25, 0.3) is 0 Å². The van der Waals surface area contributed by atoms with Gasteiger partial charge in [-0.3, -0.25) is 0 Å². The first-order valence-electron chi connectivity index (χ1n) is 8.31. The molecule has 0 N–H and O–H groups in total. The molecule has 0 aromatic rings. The second kappa shape index (κ2) is 8.70. The van der Waals surface area contributed by atoms with E-state index in [1.165, 1.54) is 0 Å². The topological polar surface area (TPSA) is 35.5 Å². The third-order valence-electron chi connectivity index (χ3n) is 4.37. The fourth-order valence-electron chi connectivity index (χ4n) is 2.73. The lowest BCUT2D eigenvalue weighted by molar-refractivity contribution is -0.295. The Morgan fingerprint density at radius 1 is 1.33 bits per heavy atom. The SMILES string of the molecule is CC[C@H](C)[C@H]1OC(C)(C)OC[C@@H]1/C=C/C[C@H](C)CCC=O. The average molecular weight is 296 g/mol. The van der Waals surface area contributed by atoms with Crippen molar-refractivity contribution in [3.63, 3.8) is 0 Å². The number of allylic oxidation sites excluding steroid dienone is 1. The van der Waals surface area contributed by atoms with Crippen molar-refractivity contribution in [3.8, 4) is 0 Å². The third kappa shape index (κ3) is 6.31. The first-order valence-corrected chi connectivity index (χ1v) is 8.31. The molecule has 122 valence electrons. The van der Waals surface area contributed by atoms with E-state index in [-0.39, 0.29) is 6.10 Å². The van der Waals surface area contributed by atoms with E-state index in [0.717, 1.165) is 32.2 Å². The van der Waals surface area contributed by atoms with Crippen LogP contribution in [0.1, 0.15) is 60.3 Å². The van der Waals surface area contributed by atoms with E-state index in [4.69, 9.17) is 9.47 Å². The zero-order valence-corrected chi connectivity index (χ0v) is 14.3. The summed E-state index contributed by atoms with van der Waals surface area (Å²) in [6.07, 6.45) is 9.47. The fourth-order valence-corrected chi connectivity index (χ4v) is 2.73. The second-order valence-electron chi connectivity index (χ2n) is 6.86. The highest BCUT2D eigenvalue weighted by atomic mass is 16.7. The molecule has 0 amide bonds. The minimum Gasteiger partial charge on any atom is -0.350 e. The van der Waals surface area contributed by atoms with E-state index in [9.17, 15) is 4.79 Å². The van der Waals surface area contributed by atoms with Gasteiger partial charge in [-0.05, 0) is 38.5 Å². The van der Waals surface area contributed by atoms with Gasteiger partial charge in [-0.2, -0.15) is 0 Å². The van der Waals surface area contributed by atoms with Crippen molar-refractivity contribution >= 4 is 6.29 Å². The van der Waals surface area contributed by atoms with E-state index >= 15 is 0 Å². The molecule has 21 heavy (non-hydrogen) atoms. The Morgan fingerprint density at radius 3 is 2.67 bits per heavy atom. The van der Waals surface area contributed by atoms with Crippen molar-refractivity contribution in [3.05, 3.63) is 12.2 Å². The summed E-state index contributed by atoms with van der Waals surface area (Å²) in [5.74, 6) is 0.923. The standard InChI is InChI=1S/C18H32O3/c1-6-15(3)17-16(13-20-18(4,5)21-17)11-7-9-14(2)10-8-12-19/h7,11-12,14-17H,6,8-10,13H2,1-5H3/b11-7+/t14-,15-,16-,17+/m0/s1. The van der Waals surface area contributed by atoms with Crippen molar-refractivity contribution in [2.24, 2.45) is 17.8 Å². The molecule has 0 spiro atoms. The molecule has 1 aliphatic rings. The van der Waals surface area contributed by atoms with Gasteiger partial charge in [-0.15, -0.1) is 0 Å². The normalized spacial score (nSPS) is 28.4. The molecule has 4 atom stereocenters. The average Bonchev–Trinajstić information content (AvgIpc) is 2.45. The molecule has 1 fully saturated rings. The predicted molar refractivity (Wildman–Crippen MR) is 86.1 cm³/mol. The summed E-state index contributed by atoms with van der Waals surface area (Å²) in [5.41, 5.74) is 0. The lowest BCUT2D eigenvalue weighted by Gasteiger charge is -2.42. The van der Waals surface area contributed by atoms with Crippen molar-refractivity contribution in [2.45, 2.75) is 72.2 Å². The maximum Gasteiger partial charge on any atom is 0.163 e. The van der Waals surface area contributed by atoms with Gasteiger partial charge in [0.1, 0.15) is 6.29 Å². The van der Waals surface area contributed by atoms with Crippen LogP contribution in [0, 0.1) is 17.8 Å². The van der Waals surface area contributed by atoms with Crippen molar-refractivity contribution < 1.29 is 14.3 Å². The molecule has 0 aromatic carbocycles. The van der Waals surface area contributed by atoms with Gasteiger partial charge in [0.15, 0.2) is 5.79 Å². The Morgan fingerprint density at radius 2 is 2.05 bits per heavy atom. The number of carbonyl (C=O) groups is 1.